The van der Waals surface area contributed by atoms with Crippen LogP contribution in [0.4, 0.5) is 5.82 Å². The Morgan fingerprint density at radius 2 is 1.83 bits per heavy atom. The standard InChI is InChI=1S/C24H20ClN3O2/c25-17-9-6-16(7-10-17)20-21-18-5-2-1-4-15(18)8-11-19(21)30-24-22(20)23(26)28(14-27-24)12-3-13-29/h1-2,4-11,14,20,26,29H,3,12-13H2/p+1/t20-/m1/s1. The normalized spacial score (nSPS) is 14.8. The Hall–Kier alpha value is -3.15. The number of aliphatic hydroxyl groups is 1. The highest BCUT2D eigenvalue weighted by molar-refractivity contribution is 6.30. The van der Waals surface area contributed by atoms with Gasteiger partial charge in [0.1, 0.15) is 11.3 Å². The molecule has 2 heterocycles. The molecule has 0 bridgehead atoms. The second-order valence-corrected chi connectivity index (χ2v) is 7.84. The van der Waals surface area contributed by atoms with Crippen LogP contribution < -0.4 is 15.0 Å². The second kappa shape index (κ2) is 7.59. The van der Waals surface area contributed by atoms with Crippen LogP contribution in [0.25, 0.3) is 10.8 Å². The van der Waals surface area contributed by atoms with Crippen LogP contribution in [-0.2, 0) is 6.54 Å². The van der Waals surface area contributed by atoms with Crippen LogP contribution in [0.1, 0.15) is 29.0 Å². The molecular weight excluding hydrogens is 398 g/mol. The van der Waals surface area contributed by atoms with Gasteiger partial charge in [-0.25, -0.2) is 4.57 Å². The van der Waals surface area contributed by atoms with E-state index in [4.69, 9.17) is 22.1 Å². The van der Waals surface area contributed by atoms with Gasteiger partial charge in [-0.1, -0.05) is 59.0 Å². The molecule has 1 aliphatic heterocycles. The number of rotatable bonds is 4. The third-order valence-corrected chi connectivity index (χ3v) is 5.86. The Kier molecular flexibility index (Phi) is 4.77. The average molecular weight is 419 g/mol. The third-order valence-electron chi connectivity index (χ3n) is 5.61. The summed E-state index contributed by atoms with van der Waals surface area (Å²) in [7, 11) is 0. The average Bonchev–Trinajstić information content (AvgIpc) is 2.78. The van der Waals surface area contributed by atoms with Gasteiger partial charge in [-0.2, -0.15) is 0 Å². The van der Waals surface area contributed by atoms with E-state index in [0.29, 0.717) is 29.7 Å². The van der Waals surface area contributed by atoms with E-state index in [9.17, 15) is 5.11 Å². The molecule has 5 rings (SSSR count). The molecule has 1 aromatic heterocycles. The number of anilines is 1. The summed E-state index contributed by atoms with van der Waals surface area (Å²) in [6.45, 7) is 0.673. The van der Waals surface area contributed by atoms with Crippen molar-refractivity contribution in [3.63, 3.8) is 0 Å². The Morgan fingerprint density at radius 1 is 1.03 bits per heavy atom. The van der Waals surface area contributed by atoms with Crippen LogP contribution >= 0.6 is 11.6 Å². The van der Waals surface area contributed by atoms with Crippen LogP contribution in [0.15, 0.2) is 67.0 Å². The van der Waals surface area contributed by atoms with Gasteiger partial charge in [0.05, 0.1) is 12.5 Å². The first-order valence-electron chi connectivity index (χ1n) is 9.91. The first-order chi connectivity index (χ1) is 14.7. The highest BCUT2D eigenvalue weighted by Crippen LogP contribution is 2.50. The minimum absolute atomic E-state index is 0.0914. The lowest BCUT2D eigenvalue weighted by Crippen LogP contribution is -2.40. The number of aryl methyl sites for hydroxylation is 1. The van der Waals surface area contributed by atoms with E-state index in [1.807, 2.05) is 47.0 Å². The van der Waals surface area contributed by atoms with Crippen LogP contribution in [0.3, 0.4) is 0 Å². The van der Waals surface area contributed by atoms with Gasteiger partial charge in [0.15, 0.2) is 0 Å². The molecule has 3 aromatic carbocycles. The van der Waals surface area contributed by atoms with E-state index in [1.54, 1.807) is 6.33 Å². The van der Waals surface area contributed by atoms with Gasteiger partial charge in [-0.3, -0.25) is 0 Å². The van der Waals surface area contributed by atoms with Crippen molar-refractivity contribution in [2.24, 2.45) is 0 Å². The monoisotopic (exact) mass is 418 g/mol. The summed E-state index contributed by atoms with van der Waals surface area (Å²) in [5.41, 5.74) is 9.60. The first-order valence-corrected chi connectivity index (χ1v) is 10.3. The maximum atomic E-state index is 9.25. The van der Waals surface area contributed by atoms with Crippen LogP contribution in [0.5, 0.6) is 11.6 Å². The molecule has 0 saturated heterocycles. The Balaban J connectivity index is 1.80. The maximum Gasteiger partial charge on any atom is 0.306 e. The van der Waals surface area contributed by atoms with E-state index in [1.165, 1.54) is 0 Å². The fourth-order valence-electron chi connectivity index (χ4n) is 4.19. The molecule has 0 spiro atoms. The molecule has 4 aromatic rings. The number of benzene rings is 3. The number of fused-ring (bicyclic) bond motifs is 4. The molecule has 1 atom stereocenters. The highest BCUT2D eigenvalue weighted by atomic mass is 35.5. The zero-order valence-corrected chi connectivity index (χ0v) is 17.0. The summed E-state index contributed by atoms with van der Waals surface area (Å²) in [5.74, 6) is 1.73. The van der Waals surface area contributed by atoms with Gasteiger partial charge in [0, 0.05) is 23.6 Å². The molecule has 0 unspecified atom stereocenters. The van der Waals surface area contributed by atoms with Crippen LogP contribution in [0.2, 0.25) is 5.02 Å². The SMILES string of the molecule is Nc1c2c(nc[n+]1CCCO)Oc1ccc3ccccc3c1[C@H]2c1ccc(Cl)cc1. The van der Waals surface area contributed by atoms with Crippen molar-refractivity contribution in [1.82, 2.24) is 4.98 Å². The lowest BCUT2D eigenvalue weighted by Gasteiger charge is -2.28. The summed E-state index contributed by atoms with van der Waals surface area (Å²) < 4.78 is 8.09. The van der Waals surface area contributed by atoms with Crippen LogP contribution in [-0.4, -0.2) is 16.7 Å². The molecule has 0 fully saturated rings. The molecule has 0 radical (unpaired) electrons. The predicted molar refractivity (Wildman–Crippen MR) is 117 cm³/mol. The molecule has 3 N–H and O–H groups in total. The topological polar surface area (TPSA) is 72.2 Å². The van der Waals surface area contributed by atoms with Gasteiger partial charge in [-0.05, 0) is 34.5 Å². The van der Waals surface area contributed by atoms with Crippen molar-refractivity contribution in [2.75, 3.05) is 12.3 Å². The van der Waals surface area contributed by atoms with Crippen molar-refractivity contribution >= 4 is 28.2 Å². The number of nitrogens with two attached hydrogens (primary N) is 1. The number of aliphatic hydroxyl groups excluding tert-OH is 1. The minimum atomic E-state index is -0.152. The molecule has 0 amide bonds. The molecule has 0 aliphatic carbocycles. The van der Waals surface area contributed by atoms with Crippen LogP contribution in [0, 0.1) is 0 Å². The third kappa shape index (κ3) is 3.07. The number of hydrogen-bond donors (Lipinski definition) is 2. The van der Waals surface area contributed by atoms with Gasteiger partial charge < -0.3 is 15.6 Å². The number of ether oxygens (including phenoxy) is 1. The quantitative estimate of drug-likeness (QED) is 0.423. The predicted octanol–water partition coefficient (Wildman–Crippen LogP) is 4.43. The summed E-state index contributed by atoms with van der Waals surface area (Å²) in [5, 5.41) is 12.2. The van der Waals surface area contributed by atoms with Crippen molar-refractivity contribution in [3.8, 4) is 11.6 Å². The number of hydrogen-bond acceptors (Lipinski definition) is 4. The minimum Gasteiger partial charge on any atom is -0.426 e. The van der Waals surface area contributed by atoms with E-state index < -0.39 is 0 Å². The lowest BCUT2D eigenvalue weighted by molar-refractivity contribution is -0.686. The molecule has 0 saturated carbocycles. The zero-order valence-electron chi connectivity index (χ0n) is 16.3. The summed E-state index contributed by atoms with van der Waals surface area (Å²) in [4.78, 5) is 4.56. The second-order valence-electron chi connectivity index (χ2n) is 7.40. The van der Waals surface area contributed by atoms with Crippen molar-refractivity contribution < 1.29 is 14.4 Å². The molecule has 150 valence electrons. The Labute approximate surface area is 179 Å². The van der Waals surface area contributed by atoms with E-state index in [-0.39, 0.29) is 12.5 Å². The Morgan fingerprint density at radius 3 is 2.63 bits per heavy atom. The van der Waals surface area contributed by atoms with Crippen molar-refractivity contribution in [2.45, 2.75) is 18.9 Å². The number of nitrogen functional groups attached to an aromatic ring is 1. The fraction of sp³-hybridized carbons (Fsp3) is 0.167. The maximum absolute atomic E-state index is 9.25. The fourth-order valence-corrected chi connectivity index (χ4v) is 4.32. The zero-order chi connectivity index (χ0) is 20.7. The van der Waals surface area contributed by atoms with Crippen molar-refractivity contribution in [3.05, 3.63) is 88.7 Å². The smallest absolute Gasteiger partial charge is 0.306 e. The number of halogens is 1. The number of nitrogens with zero attached hydrogens (tertiary/aromatic N) is 2. The van der Waals surface area contributed by atoms with E-state index >= 15 is 0 Å². The molecular formula is C24H21ClN3O2+. The molecule has 30 heavy (non-hydrogen) atoms. The van der Waals surface area contributed by atoms with E-state index in [2.05, 4.69) is 23.2 Å². The molecule has 1 aliphatic rings. The van der Waals surface area contributed by atoms with Crippen molar-refractivity contribution in [1.29, 1.82) is 0 Å². The molecule has 5 nitrogen and oxygen atoms in total. The Bertz CT molecular complexity index is 1240. The summed E-state index contributed by atoms with van der Waals surface area (Å²) in [6.07, 6.45) is 2.27. The first kappa shape index (κ1) is 18.9. The van der Waals surface area contributed by atoms with Gasteiger partial charge in [0.2, 0.25) is 12.1 Å². The highest BCUT2D eigenvalue weighted by Gasteiger charge is 2.37. The van der Waals surface area contributed by atoms with Gasteiger partial charge >= 0.3 is 5.88 Å². The van der Waals surface area contributed by atoms with E-state index in [0.717, 1.165) is 33.2 Å². The lowest BCUT2D eigenvalue weighted by atomic mass is 9.81. The summed E-state index contributed by atoms with van der Waals surface area (Å²) in [6, 6.07) is 20.2. The number of aromatic nitrogens is 2. The largest absolute Gasteiger partial charge is 0.426 e. The summed E-state index contributed by atoms with van der Waals surface area (Å²) >= 11 is 6.17. The molecule has 6 heteroatoms. The van der Waals surface area contributed by atoms with Gasteiger partial charge in [0.25, 0.3) is 0 Å². The van der Waals surface area contributed by atoms with Gasteiger partial charge in [-0.15, -0.1) is 0 Å².